The number of ether oxygens (including phenoxy) is 1. The van der Waals surface area contributed by atoms with E-state index in [9.17, 15) is 4.79 Å². The van der Waals surface area contributed by atoms with Crippen LogP contribution in [0.3, 0.4) is 0 Å². The summed E-state index contributed by atoms with van der Waals surface area (Å²) in [5, 5.41) is 3.20. The first-order valence-corrected chi connectivity index (χ1v) is 6.48. The Morgan fingerprint density at radius 3 is 2.83 bits per heavy atom. The maximum absolute atomic E-state index is 11.1. The van der Waals surface area contributed by atoms with E-state index in [1.165, 1.54) is 0 Å². The predicted octanol–water partition coefficient (Wildman–Crippen LogP) is 2.40. The first-order chi connectivity index (χ1) is 8.83. The first-order valence-electron chi connectivity index (χ1n) is 6.48. The topological polar surface area (TPSA) is 64.1 Å². The Bertz CT molecular complexity index is 330. The molecule has 0 fully saturated rings. The summed E-state index contributed by atoms with van der Waals surface area (Å²) in [5.74, 6) is 0.721. The van der Waals surface area contributed by atoms with Gasteiger partial charge in [0.05, 0.1) is 12.8 Å². The SMILES string of the molecule is CCOC(=O)CCCCCCNc1cnccn1. The third-order valence-electron chi connectivity index (χ3n) is 2.48. The molecule has 100 valence electrons. The van der Waals surface area contributed by atoms with Crippen molar-refractivity contribution in [1.29, 1.82) is 0 Å². The lowest BCUT2D eigenvalue weighted by atomic mass is 10.1. The molecule has 0 saturated carbocycles. The zero-order chi connectivity index (χ0) is 13.1. The molecule has 18 heavy (non-hydrogen) atoms. The van der Waals surface area contributed by atoms with Crippen LogP contribution < -0.4 is 5.32 Å². The number of hydrogen-bond donors (Lipinski definition) is 1. The summed E-state index contributed by atoms with van der Waals surface area (Å²) >= 11 is 0. The second-order valence-corrected chi connectivity index (χ2v) is 3.99. The summed E-state index contributed by atoms with van der Waals surface area (Å²) in [5.41, 5.74) is 0. The normalized spacial score (nSPS) is 10.1. The number of carbonyl (C=O) groups excluding carboxylic acids is 1. The molecule has 0 aromatic carbocycles. The lowest BCUT2D eigenvalue weighted by molar-refractivity contribution is -0.143. The van der Waals surface area contributed by atoms with Gasteiger partial charge in [0, 0.05) is 25.4 Å². The number of esters is 1. The molecule has 0 aliphatic carbocycles. The van der Waals surface area contributed by atoms with Crippen molar-refractivity contribution in [3.8, 4) is 0 Å². The number of aromatic nitrogens is 2. The lowest BCUT2D eigenvalue weighted by Crippen LogP contribution is -2.04. The van der Waals surface area contributed by atoms with Gasteiger partial charge in [-0.15, -0.1) is 0 Å². The van der Waals surface area contributed by atoms with Crippen LogP contribution in [0.5, 0.6) is 0 Å². The Kier molecular flexibility index (Phi) is 7.52. The first kappa shape index (κ1) is 14.4. The van der Waals surface area contributed by atoms with Gasteiger partial charge >= 0.3 is 5.97 Å². The van der Waals surface area contributed by atoms with Gasteiger partial charge in [0.25, 0.3) is 0 Å². The second-order valence-electron chi connectivity index (χ2n) is 3.99. The number of carbonyl (C=O) groups is 1. The average molecular weight is 251 g/mol. The summed E-state index contributed by atoms with van der Waals surface area (Å²) < 4.78 is 4.86. The van der Waals surface area contributed by atoms with Crippen LogP contribution in [0, 0.1) is 0 Å². The Morgan fingerprint density at radius 1 is 1.28 bits per heavy atom. The Labute approximate surface area is 108 Å². The molecule has 0 saturated heterocycles. The van der Waals surface area contributed by atoms with E-state index in [0.717, 1.165) is 38.0 Å². The van der Waals surface area contributed by atoms with E-state index in [4.69, 9.17) is 4.74 Å². The van der Waals surface area contributed by atoms with Crippen molar-refractivity contribution in [3.05, 3.63) is 18.6 Å². The number of nitrogens with one attached hydrogen (secondary N) is 1. The fraction of sp³-hybridized carbons (Fsp3) is 0.615. The molecule has 0 amide bonds. The predicted molar refractivity (Wildman–Crippen MR) is 70.2 cm³/mol. The summed E-state index contributed by atoms with van der Waals surface area (Å²) in [6, 6.07) is 0. The van der Waals surface area contributed by atoms with Gasteiger partial charge in [-0.05, 0) is 19.8 Å². The molecular weight excluding hydrogens is 230 g/mol. The number of rotatable bonds is 9. The highest BCUT2D eigenvalue weighted by molar-refractivity contribution is 5.69. The van der Waals surface area contributed by atoms with Crippen molar-refractivity contribution < 1.29 is 9.53 Å². The number of nitrogens with zero attached hydrogens (tertiary/aromatic N) is 2. The molecule has 1 heterocycles. The zero-order valence-electron chi connectivity index (χ0n) is 10.9. The molecule has 1 rings (SSSR count). The van der Waals surface area contributed by atoms with Gasteiger partial charge in [0.15, 0.2) is 0 Å². The minimum Gasteiger partial charge on any atom is -0.466 e. The van der Waals surface area contributed by atoms with E-state index >= 15 is 0 Å². The van der Waals surface area contributed by atoms with Gasteiger partial charge in [0.1, 0.15) is 5.82 Å². The third-order valence-corrected chi connectivity index (χ3v) is 2.48. The van der Waals surface area contributed by atoms with Crippen LogP contribution in [0.2, 0.25) is 0 Å². The van der Waals surface area contributed by atoms with E-state index in [1.807, 2.05) is 6.92 Å². The molecule has 1 N–H and O–H groups in total. The highest BCUT2D eigenvalue weighted by Crippen LogP contribution is 2.05. The molecule has 0 bridgehead atoms. The van der Waals surface area contributed by atoms with E-state index in [1.54, 1.807) is 18.6 Å². The Balaban J connectivity index is 1.92. The minimum absolute atomic E-state index is 0.0878. The molecule has 5 heteroatoms. The molecule has 5 nitrogen and oxygen atoms in total. The zero-order valence-corrected chi connectivity index (χ0v) is 10.9. The third kappa shape index (κ3) is 6.83. The van der Waals surface area contributed by atoms with Gasteiger partial charge in [-0.3, -0.25) is 9.78 Å². The van der Waals surface area contributed by atoms with Gasteiger partial charge in [-0.25, -0.2) is 4.98 Å². The minimum atomic E-state index is -0.0878. The fourth-order valence-corrected chi connectivity index (χ4v) is 1.59. The van der Waals surface area contributed by atoms with Crippen molar-refractivity contribution in [2.45, 2.75) is 39.0 Å². The Hall–Kier alpha value is -1.65. The summed E-state index contributed by atoms with van der Waals surface area (Å²) in [7, 11) is 0. The number of unbranched alkanes of at least 4 members (excludes halogenated alkanes) is 3. The molecule has 1 aromatic rings. The Morgan fingerprint density at radius 2 is 2.11 bits per heavy atom. The maximum Gasteiger partial charge on any atom is 0.305 e. The average Bonchev–Trinajstić information content (AvgIpc) is 2.39. The van der Waals surface area contributed by atoms with Crippen LogP contribution >= 0.6 is 0 Å². The van der Waals surface area contributed by atoms with Crippen molar-refractivity contribution in [2.24, 2.45) is 0 Å². The monoisotopic (exact) mass is 251 g/mol. The largest absolute Gasteiger partial charge is 0.466 e. The van der Waals surface area contributed by atoms with Gasteiger partial charge in [-0.2, -0.15) is 0 Å². The lowest BCUT2D eigenvalue weighted by Gasteiger charge is -2.04. The van der Waals surface area contributed by atoms with Crippen molar-refractivity contribution in [1.82, 2.24) is 9.97 Å². The molecule has 0 unspecified atom stereocenters. The summed E-state index contributed by atoms with van der Waals surface area (Å²) in [4.78, 5) is 19.2. The van der Waals surface area contributed by atoms with Crippen LogP contribution in [0.4, 0.5) is 5.82 Å². The molecule has 0 atom stereocenters. The van der Waals surface area contributed by atoms with Gasteiger partial charge in [-0.1, -0.05) is 12.8 Å². The maximum atomic E-state index is 11.1. The quantitative estimate of drug-likeness (QED) is 0.539. The summed E-state index contributed by atoms with van der Waals surface area (Å²) in [6.07, 6.45) is 9.70. The van der Waals surface area contributed by atoms with Crippen molar-refractivity contribution in [2.75, 3.05) is 18.5 Å². The highest BCUT2D eigenvalue weighted by atomic mass is 16.5. The van der Waals surface area contributed by atoms with Gasteiger partial charge < -0.3 is 10.1 Å². The molecule has 1 aromatic heterocycles. The van der Waals surface area contributed by atoms with Crippen LogP contribution in [0.1, 0.15) is 39.0 Å². The molecule has 0 aliphatic heterocycles. The van der Waals surface area contributed by atoms with E-state index in [0.29, 0.717) is 13.0 Å². The van der Waals surface area contributed by atoms with Crippen molar-refractivity contribution in [3.63, 3.8) is 0 Å². The van der Waals surface area contributed by atoms with Crippen LogP contribution in [0.25, 0.3) is 0 Å². The molecular formula is C13H21N3O2. The fourth-order valence-electron chi connectivity index (χ4n) is 1.59. The highest BCUT2D eigenvalue weighted by Gasteiger charge is 2.00. The van der Waals surface area contributed by atoms with Crippen molar-refractivity contribution >= 4 is 11.8 Å². The van der Waals surface area contributed by atoms with Crippen LogP contribution in [-0.2, 0) is 9.53 Å². The molecule has 0 aliphatic rings. The second kappa shape index (κ2) is 9.39. The number of hydrogen-bond acceptors (Lipinski definition) is 5. The van der Waals surface area contributed by atoms with Crippen LogP contribution in [0.15, 0.2) is 18.6 Å². The molecule has 0 spiro atoms. The van der Waals surface area contributed by atoms with E-state index < -0.39 is 0 Å². The van der Waals surface area contributed by atoms with E-state index in [-0.39, 0.29) is 5.97 Å². The standard InChI is InChI=1S/C13H21N3O2/c1-2-18-13(17)7-5-3-4-6-8-15-12-11-14-9-10-16-12/h9-11H,2-8H2,1H3,(H,15,16). The van der Waals surface area contributed by atoms with E-state index in [2.05, 4.69) is 15.3 Å². The smallest absolute Gasteiger partial charge is 0.305 e. The summed E-state index contributed by atoms with van der Waals surface area (Å²) in [6.45, 7) is 3.19. The number of anilines is 1. The van der Waals surface area contributed by atoms with Gasteiger partial charge in [0.2, 0.25) is 0 Å². The molecule has 0 radical (unpaired) electrons. The van der Waals surface area contributed by atoms with Crippen LogP contribution in [-0.4, -0.2) is 29.1 Å².